The van der Waals surface area contributed by atoms with Crippen molar-refractivity contribution < 1.29 is 19.4 Å². The van der Waals surface area contributed by atoms with E-state index >= 15 is 0 Å². The molecule has 0 aliphatic heterocycles. The molecule has 6 nitrogen and oxygen atoms in total. The topological polar surface area (TPSA) is 72.7 Å². The summed E-state index contributed by atoms with van der Waals surface area (Å²) in [6.45, 7) is 0.950. The van der Waals surface area contributed by atoms with Gasteiger partial charge in [0.25, 0.3) is 0 Å². The Morgan fingerprint density at radius 1 is 1.35 bits per heavy atom. The average Bonchev–Trinajstić information content (AvgIpc) is 2.76. The molecule has 1 aromatic carbocycles. The Kier molecular flexibility index (Phi) is 4.14. The van der Waals surface area contributed by atoms with Gasteiger partial charge in [-0.3, -0.25) is 0 Å². The molecule has 2 aromatic rings. The summed E-state index contributed by atoms with van der Waals surface area (Å²) >= 11 is 0. The van der Waals surface area contributed by atoms with Crippen LogP contribution in [-0.4, -0.2) is 43.0 Å². The molecular weight excluding hydrogens is 260 g/mol. The number of methoxy groups -OCH3 is 1. The summed E-state index contributed by atoms with van der Waals surface area (Å²) in [5.74, 6) is -0.269. The number of carboxylic acid groups (broad SMARTS) is 1. The number of aryl methyl sites for hydroxylation is 1. The lowest BCUT2D eigenvalue weighted by Gasteiger charge is -2.10. The number of carboxylic acids is 1. The van der Waals surface area contributed by atoms with Gasteiger partial charge in [0.15, 0.2) is 0 Å². The van der Waals surface area contributed by atoms with Crippen LogP contribution in [0.15, 0.2) is 18.2 Å². The highest BCUT2D eigenvalue weighted by molar-refractivity contribution is 6.00. The standard InChI is InChI=1S/C14H18N2O4/c1-15-11-8-10(20-5-4-19-3)6-9-7-12(14(17)18)16(2)13(9)11/h6-8,15H,4-5H2,1-3H3,(H,17,18). The fourth-order valence-corrected chi connectivity index (χ4v) is 2.20. The number of ether oxygens (including phenoxy) is 2. The zero-order valence-corrected chi connectivity index (χ0v) is 11.8. The van der Waals surface area contributed by atoms with Crippen LogP contribution in [0.4, 0.5) is 5.69 Å². The number of hydrogen-bond donors (Lipinski definition) is 2. The highest BCUT2D eigenvalue weighted by Crippen LogP contribution is 2.31. The van der Waals surface area contributed by atoms with Crippen molar-refractivity contribution in [3.63, 3.8) is 0 Å². The van der Waals surface area contributed by atoms with E-state index < -0.39 is 5.97 Å². The van der Waals surface area contributed by atoms with Gasteiger partial charge in [0.05, 0.1) is 17.8 Å². The lowest BCUT2D eigenvalue weighted by molar-refractivity contribution is 0.0687. The first-order valence-corrected chi connectivity index (χ1v) is 6.24. The van der Waals surface area contributed by atoms with Crippen LogP contribution < -0.4 is 10.1 Å². The van der Waals surface area contributed by atoms with Crippen molar-refractivity contribution in [2.45, 2.75) is 0 Å². The van der Waals surface area contributed by atoms with E-state index in [1.54, 1.807) is 31.8 Å². The monoisotopic (exact) mass is 278 g/mol. The second-order valence-corrected chi connectivity index (χ2v) is 4.39. The predicted octanol–water partition coefficient (Wildman–Crippen LogP) is 1.94. The van der Waals surface area contributed by atoms with Gasteiger partial charge in [-0.05, 0) is 12.1 Å². The van der Waals surface area contributed by atoms with E-state index in [1.165, 1.54) is 0 Å². The Hall–Kier alpha value is -2.21. The largest absolute Gasteiger partial charge is 0.491 e. The third-order valence-electron chi connectivity index (χ3n) is 3.15. The van der Waals surface area contributed by atoms with Crippen LogP contribution in [0, 0.1) is 0 Å². The quantitative estimate of drug-likeness (QED) is 0.790. The molecule has 1 heterocycles. The molecule has 0 aliphatic rings. The third kappa shape index (κ3) is 2.55. The van der Waals surface area contributed by atoms with Crippen molar-refractivity contribution in [2.75, 3.05) is 32.7 Å². The maximum atomic E-state index is 11.2. The molecule has 0 saturated heterocycles. The minimum atomic E-state index is -0.951. The summed E-state index contributed by atoms with van der Waals surface area (Å²) in [4.78, 5) is 11.2. The average molecular weight is 278 g/mol. The number of nitrogens with zero attached hydrogens (tertiary/aromatic N) is 1. The van der Waals surface area contributed by atoms with Gasteiger partial charge in [-0.15, -0.1) is 0 Å². The number of benzene rings is 1. The van der Waals surface area contributed by atoms with Gasteiger partial charge in [0.2, 0.25) is 0 Å². The van der Waals surface area contributed by atoms with E-state index in [9.17, 15) is 9.90 Å². The van der Waals surface area contributed by atoms with Gasteiger partial charge in [-0.25, -0.2) is 4.79 Å². The van der Waals surface area contributed by atoms with E-state index in [-0.39, 0.29) is 5.69 Å². The number of aromatic nitrogens is 1. The van der Waals surface area contributed by atoms with Crippen LogP contribution in [-0.2, 0) is 11.8 Å². The molecular formula is C14H18N2O4. The minimum Gasteiger partial charge on any atom is -0.491 e. The van der Waals surface area contributed by atoms with Crippen LogP contribution in [0.1, 0.15) is 10.5 Å². The molecule has 108 valence electrons. The Balaban J connectivity index is 2.48. The first-order chi connectivity index (χ1) is 9.58. The Labute approximate surface area is 116 Å². The van der Waals surface area contributed by atoms with Crippen LogP contribution in [0.2, 0.25) is 0 Å². The van der Waals surface area contributed by atoms with Gasteiger partial charge in [-0.1, -0.05) is 0 Å². The Morgan fingerprint density at radius 2 is 2.10 bits per heavy atom. The zero-order valence-electron chi connectivity index (χ0n) is 11.8. The summed E-state index contributed by atoms with van der Waals surface area (Å²) in [5.41, 5.74) is 1.90. The van der Waals surface area contributed by atoms with Crippen molar-refractivity contribution in [1.82, 2.24) is 4.57 Å². The van der Waals surface area contributed by atoms with Crippen molar-refractivity contribution in [3.8, 4) is 5.75 Å². The van der Waals surface area contributed by atoms with Crippen molar-refractivity contribution >= 4 is 22.6 Å². The van der Waals surface area contributed by atoms with Gasteiger partial charge >= 0.3 is 5.97 Å². The van der Waals surface area contributed by atoms with E-state index in [0.717, 1.165) is 16.6 Å². The third-order valence-corrected chi connectivity index (χ3v) is 3.15. The van der Waals surface area contributed by atoms with E-state index in [4.69, 9.17) is 9.47 Å². The number of rotatable bonds is 6. The zero-order chi connectivity index (χ0) is 14.7. The highest BCUT2D eigenvalue weighted by Gasteiger charge is 2.15. The van der Waals surface area contributed by atoms with Crippen molar-refractivity contribution in [1.29, 1.82) is 0 Å². The number of fused-ring (bicyclic) bond motifs is 1. The number of aromatic carboxylic acids is 1. The number of carbonyl (C=O) groups is 1. The molecule has 20 heavy (non-hydrogen) atoms. The SMILES string of the molecule is CNc1cc(OCCOC)cc2cc(C(=O)O)n(C)c12. The van der Waals surface area contributed by atoms with Crippen LogP contribution >= 0.6 is 0 Å². The van der Waals surface area contributed by atoms with Crippen molar-refractivity contribution in [3.05, 3.63) is 23.9 Å². The lowest BCUT2D eigenvalue weighted by Crippen LogP contribution is -2.06. The first-order valence-electron chi connectivity index (χ1n) is 6.24. The maximum absolute atomic E-state index is 11.2. The molecule has 1 aromatic heterocycles. The van der Waals surface area contributed by atoms with Crippen LogP contribution in [0.5, 0.6) is 5.75 Å². The normalized spacial score (nSPS) is 10.8. The van der Waals surface area contributed by atoms with E-state index in [2.05, 4.69) is 5.32 Å². The molecule has 0 atom stereocenters. The molecule has 0 unspecified atom stereocenters. The number of hydrogen-bond acceptors (Lipinski definition) is 4. The van der Waals surface area contributed by atoms with Gasteiger partial charge in [0.1, 0.15) is 18.1 Å². The fourth-order valence-electron chi connectivity index (χ4n) is 2.20. The van der Waals surface area contributed by atoms with E-state index in [1.807, 2.05) is 12.1 Å². The fraction of sp³-hybridized carbons (Fsp3) is 0.357. The van der Waals surface area contributed by atoms with E-state index in [0.29, 0.717) is 19.0 Å². The lowest BCUT2D eigenvalue weighted by atomic mass is 10.2. The molecule has 2 N–H and O–H groups in total. The maximum Gasteiger partial charge on any atom is 0.352 e. The predicted molar refractivity (Wildman–Crippen MR) is 76.8 cm³/mol. The highest BCUT2D eigenvalue weighted by atomic mass is 16.5. The second-order valence-electron chi connectivity index (χ2n) is 4.39. The first kappa shape index (κ1) is 14.2. The van der Waals surface area contributed by atoms with Crippen molar-refractivity contribution in [2.24, 2.45) is 7.05 Å². The molecule has 0 fully saturated rings. The van der Waals surface area contributed by atoms with Gasteiger partial charge in [-0.2, -0.15) is 0 Å². The van der Waals surface area contributed by atoms with Crippen LogP contribution in [0.3, 0.4) is 0 Å². The smallest absolute Gasteiger partial charge is 0.352 e. The molecule has 2 rings (SSSR count). The molecule has 6 heteroatoms. The molecule has 0 radical (unpaired) electrons. The Morgan fingerprint density at radius 3 is 2.70 bits per heavy atom. The molecule has 0 saturated carbocycles. The van der Waals surface area contributed by atoms with Gasteiger partial charge in [0, 0.05) is 32.7 Å². The van der Waals surface area contributed by atoms with Gasteiger partial charge < -0.3 is 24.5 Å². The number of anilines is 1. The number of nitrogens with one attached hydrogen (secondary N) is 1. The second kappa shape index (κ2) is 5.83. The summed E-state index contributed by atoms with van der Waals surface area (Å²) in [7, 11) is 5.14. The minimum absolute atomic E-state index is 0.241. The molecule has 0 bridgehead atoms. The summed E-state index contributed by atoms with van der Waals surface area (Å²) < 4.78 is 12.2. The molecule has 0 amide bonds. The summed E-state index contributed by atoms with van der Waals surface area (Å²) in [6, 6.07) is 5.32. The summed E-state index contributed by atoms with van der Waals surface area (Å²) in [5, 5.41) is 13.1. The molecule has 0 aliphatic carbocycles. The summed E-state index contributed by atoms with van der Waals surface area (Å²) in [6.07, 6.45) is 0. The van der Waals surface area contributed by atoms with Crippen LogP contribution in [0.25, 0.3) is 10.9 Å². The molecule has 0 spiro atoms. The Bertz CT molecular complexity index is 634.